The summed E-state index contributed by atoms with van der Waals surface area (Å²) in [6.45, 7) is 2.04. The second-order valence-electron chi connectivity index (χ2n) is 5.42. The Labute approximate surface area is 138 Å². The minimum absolute atomic E-state index is 0.631. The molecule has 0 aliphatic rings. The van der Waals surface area contributed by atoms with Crippen LogP contribution in [0.2, 0.25) is 0 Å². The second kappa shape index (κ2) is 6.43. The van der Waals surface area contributed by atoms with Crippen molar-refractivity contribution < 1.29 is 13.2 Å². The van der Waals surface area contributed by atoms with Crippen LogP contribution in [0.15, 0.2) is 60.9 Å². The van der Waals surface area contributed by atoms with Crippen LogP contribution in [0, 0.1) is 0 Å². The molecule has 0 N–H and O–H groups in total. The van der Waals surface area contributed by atoms with Gasteiger partial charge in [-0.1, -0.05) is 43.3 Å². The van der Waals surface area contributed by atoms with E-state index in [-0.39, 0.29) is 0 Å². The van der Waals surface area contributed by atoms with E-state index in [4.69, 9.17) is 0 Å². The zero-order valence-electron chi connectivity index (χ0n) is 13.0. The molecule has 3 rings (SSSR count). The molecule has 0 atom stereocenters. The van der Waals surface area contributed by atoms with E-state index in [9.17, 15) is 13.2 Å². The predicted molar refractivity (Wildman–Crippen MR) is 87.3 cm³/mol. The molecule has 0 unspecified atom stereocenters. The third kappa shape index (κ3) is 3.45. The van der Waals surface area contributed by atoms with Crippen LogP contribution < -0.4 is 0 Å². The number of rotatable bonds is 3. The van der Waals surface area contributed by atoms with Crippen molar-refractivity contribution in [2.45, 2.75) is 19.5 Å². The number of aromatic nitrogens is 2. The predicted octanol–water partition coefficient (Wildman–Crippen LogP) is 5.39. The summed E-state index contributed by atoms with van der Waals surface area (Å²) < 4.78 is 37.8. The molecule has 1 aromatic heterocycles. The van der Waals surface area contributed by atoms with Gasteiger partial charge in [0.15, 0.2) is 5.82 Å². The Morgan fingerprint density at radius 3 is 1.67 bits per heavy atom. The van der Waals surface area contributed by atoms with E-state index in [1.807, 2.05) is 31.2 Å². The summed E-state index contributed by atoms with van der Waals surface area (Å²) in [4.78, 5) is 8.65. The van der Waals surface area contributed by atoms with Gasteiger partial charge >= 0.3 is 6.18 Å². The lowest BCUT2D eigenvalue weighted by molar-refractivity contribution is -0.137. The molecule has 0 fully saturated rings. The highest BCUT2D eigenvalue weighted by atomic mass is 19.4. The highest BCUT2D eigenvalue weighted by Gasteiger charge is 2.29. The third-order valence-electron chi connectivity index (χ3n) is 3.80. The average molecular weight is 328 g/mol. The largest absolute Gasteiger partial charge is 0.416 e. The smallest absolute Gasteiger partial charge is 0.236 e. The van der Waals surface area contributed by atoms with Gasteiger partial charge in [0.05, 0.1) is 5.56 Å². The maximum absolute atomic E-state index is 12.6. The van der Waals surface area contributed by atoms with Crippen molar-refractivity contribution in [2.24, 2.45) is 0 Å². The number of hydrogen-bond acceptors (Lipinski definition) is 2. The van der Waals surface area contributed by atoms with Crippen LogP contribution in [0.25, 0.3) is 22.5 Å². The molecule has 0 radical (unpaired) electrons. The molecule has 0 aliphatic carbocycles. The number of hydrogen-bond donors (Lipinski definition) is 0. The van der Waals surface area contributed by atoms with Gasteiger partial charge in [-0.2, -0.15) is 13.2 Å². The molecule has 0 bridgehead atoms. The van der Waals surface area contributed by atoms with Gasteiger partial charge in [0.2, 0.25) is 0 Å². The van der Waals surface area contributed by atoms with Crippen molar-refractivity contribution in [3.63, 3.8) is 0 Å². The average Bonchev–Trinajstić information content (AvgIpc) is 2.61. The Bertz CT molecular complexity index is 805. The number of halogens is 3. The maximum atomic E-state index is 12.6. The lowest BCUT2D eigenvalue weighted by atomic mass is 10.0. The molecule has 2 nitrogen and oxygen atoms in total. The second-order valence-corrected chi connectivity index (χ2v) is 5.42. The molecule has 122 valence electrons. The monoisotopic (exact) mass is 328 g/mol. The molecule has 0 saturated carbocycles. The van der Waals surface area contributed by atoms with Crippen molar-refractivity contribution >= 4 is 0 Å². The summed E-state index contributed by atoms with van der Waals surface area (Å²) >= 11 is 0. The quantitative estimate of drug-likeness (QED) is 0.644. The molecule has 2 aromatic carbocycles. The van der Waals surface area contributed by atoms with Gasteiger partial charge in [0.25, 0.3) is 0 Å². The molecule has 0 amide bonds. The first kappa shape index (κ1) is 16.2. The molecule has 0 saturated heterocycles. The molecular weight excluding hydrogens is 313 g/mol. The van der Waals surface area contributed by atoms with E-state index in [0.29, 0.717) is 5.82 Å². The van der Waals surface area contributed by atoms with Gasteiger partial charge in [-0.3, -0.25) is 0 Å². The Morgan fingerprint density at radius 2 is 1.21 bits per heavy atom. The van der Waals surface area contributed by atoms with Crippen LogP contribution in [-0.2, 0) is 12.6 Å². The zero-order valence-corrected chi connectivity index (χ0v) is 13.0. The summed E-state index contributed by atoms with van der Waals surface area (Å²) in [5.74, 6) is 0.631. The van der Waals surface area contributed by atoms with Crippen molar-refractivity contribution in [3.8, 4) is 22.5 Å². The standard InChI is InChI=1S/C19H15F3N2/c1-2-13-11-23-18(24-12-13)16-5-3-14(4-6-16)15-7-9-17(10-8-15)19(20,21)22/h3-12H,2H2,1H3. The van der Waals surface area contributed by atoms with Gasteiger partial charge in [0.1, 0.15) is 0 Å². The van der Waals surface area contributed by atoms with Crippen LogP contribution >= 0.6 is 0 Å². The first-order chi connectivity index (χ1) is 11.5. The van der Waals surface area contributed by atoms with Crippen LogP contribution in [-0.4, -0.2) is 9.97 Å². The molecule has 1 heterocycles. The van der Waals surface area contributed by atoms with Gasteiger partial charge in [0, 0.05) is 18.0 Å². The van der Waals surface area contributed by atoms with E-state index in [0.717, 1.165) is 40.8 Å². The lowest BCUT2D eigenvalue weighted by Gasteiger charge is -2.08. The van der Waals surface area contributed by atoms with Crippen molar-refractivity contribution in [3.05, 3.63) is 72.1 Å². The van der Waals surface area contributed by atoms with Crippen LogP contribution in [0.4, 0.5) is 13.2 Å². The van der Waals surface area contributed by atoms with Crippen LogP contribution in [0.3, 0.4) is 0 Å². The zero-order chi connectivity index (χ0) is 17.2. The van der Waals surface area contributed by atoms with Gasteiger partial charge in [-0.15, -0.1) is 0 Å². The third-order valence-corrected chi connectivity index (χ3v) is 3.80. The normalized spacial score (nSPS) is 11.5. The van der Waals surface area contributed by atoms with Crippen LogP contribution in [0.1, 0.15) is 18.1 Å². The minimum Gasteiger partial charge on any atom is -0.236 e. The molecular formula is C19H15F3N2. The molecule has 5 heteroatoms. The lowest BCUT2D eigenvalue weighted by Crippen LogP contribution is -2.03. The van der Waals surface area contributed by atoms with Crippen molar-refractivity contribution in [2.75, 3.05) is 0 Å². The van der Waals surface area contributed by atoms with E-state index >= 15 is 0 Å². The number of nitrogens with zero attached hydrogens (tertiary/aromatic N) is 2. The van der Waals surface area contributed by atoms with Gasteiger partial charge < -0.3 is 0 Å². The summed E-state index contributed by atoms with van der Waals surface area (Å²) in [7, 11) is 0. The van der Waals surface area contributed by atoms with Gasteiger partial charge in [-0.05, 0) is 35.2 Å². The Balaban J connectivity index is 1.83. The summed E-state index contributed by atoms with van der Waals surface area (Å²) in [6, 6.07) is 12.6. The Hall–Kier alpha value is -2.69. The summed E-state index contributed by atoms with van der Waals surface area (Å²) in [6.07, 6.45) is 0.162. The highest BCUT2D eigenvalue weighted by molar-refractivity contribution is 5.67. The molecule has 0 aliphatic heterocycles. The summed E-state index contributed by atoms with van der Waals surface area (Å²) in [5.41, 5.74) is 2.87. The van der Waals surface area contributed by atoms with E-state index < -0.39 is 11.7 Å². The Kier molecular flexibility index (Phi) is 4.34. The Morgan fingerprint density at radius 1 is 0.750 bits per heavy atom. The summed E-state index contributed by atoms with van der Waals surface area (Å²) in [5, 5.41) is 0. The SMILES string of the molecule is CCc1cnc(-c2ccc(-c3ccc(C(F)(F)F)cc3)cc2)nc1. The number of aryl methyl sites for hydroxylation is 1. The molecule has 3 aromatic rings. The van der Waals surface area contributed by atoms with Crippen LogP contribution in [0.5, 0.6) is 0 Å². The minimum atomic E-state index is -4.32. The fourth-order valence-electron chi connectivity index (χ4n) is 2.35. The fraction of sp³-hybridized carbons (Fsp3) is 0.158. The van der Waals surface area contributed by atoms with Gasteiger partial charge in [-0.25, -0.2) is 9.97 Å². The number of benzene rings is 2. The van der Waals surface area contributed by atoms with E-state index in [1.165, 1.54) is 12.1 Å². The van der Waals surface area contributed by atoms with E-state index in [1.54, 1.807) is 12.4 Å². The molecule has 24 heavy (non-hydrogen) atoms. The maximum Gasteiger partial charge on any atom is 0.416 e. The first-order valence-corrected chi connectivity index (χ1v) is 7.56. The molecule has 0 spiro atoms. The van der Waals surface area contributed by atoms with E-state index in [2.05, 4.69) is 9.97 Å². The topological polar surface area (TPSA) is 25.8 Å². The number of alkyl halides is 3. The van der Waals surface area contributed by atoms with Crippen molar-refractivity contribution in [1.82, 2.24) is 9.97 Å². The highest BCUT2D eigenvalue weighted by Crippen LogP contribution is 2.31. The first-order valence-electron chi connectivity index (χ1n) is 7.56. The fourth-order valence-corrected chi connectivity index (χ4v) is 2.35. The van der Waals surface area contributed by atoms with Crippen molar-refractivity contribution in [1.29, 1.82) is 0 Å².